The van der Waals surface area contributed by atoms with E-state index in [1.54, 1.807) is 0 Å². The number of fused-ring (bicyclic) bond motifs is 1. The van der Waals surface area contributed by atoms with Gasteiger partial charge < -0.3 is 5.11 Å². The predicted molar refractivity (Wildman–Crippen MR) is 96.7 cm³/mol. The molecule has 2 bridgehead atoms. The highest BCUT2D eigenvalue weighted by Crippen LogP contribution is 2.72. The lowest BCUT2D eigenvalue weighted by atomic mass is 9.38. The summed E-state index contributed by atoms with van der Waals surface area (Å²) in [4.78, 5) is 8.78. The van der Waals surface area contributed by atoms with Gasteiger partial charge in [0.2, 0.25) is 0 Å². The first kappa shape index (κ1) is 17.9. The Morgan fingerprint density at radius 2 is 2.00 bits per heavy atom. The standard InChI is InChI=1S/C20H16F3N5O/c1-11-4-12(20(21,22)23)5-15(29)16(11)13-6-25-14-7-28(27-17(14)26-13)19-8-18(9-19,10-19)2-3-24/h4-7,29H,2,8-10H2,1H3. The van der Waals surface area contributed by atoms with E-state index in [0.29, 0.717) is 23.7 Å². The molecule has 148 valence electrons. The van der Waals surface area contributed by atoms with Crippen LogP contribution in [0.3, 0.4) is 0 Å². The van der Waals surface area contributed by atoms with Crippen LogP contribution >= 0.6 is 0 Å². The normalized spacial score (nSPS) is 25.3. The molecule has 3 aliphatic carbocycles. The van der Waals surface area contributed by atoms with Gasteiger partial charge >= 0.3 is 6.18 Å². The fraction of sp³-hybridized carbons (Fsp3) is 0.400. The van der Waals surface area contributed by atoms with Crippen LogP contribution in [0.2, 0.25) is 0 Å². The fourth-order valence-corrected chi connectivity index (χ4v) is 4.97. The molecule has 0 unspecified atom stereocenters. The molecule has 0 radical (unpaired) electrons. The summed E-state index contributed by atoms with van der Waals surface area (Å²) in [5.74, 6) is -0.497. The molecule has 3 fully saturated rings. The third-order valence-electron chi connectivity index (χ3n) is 6.18. The zero-order valence-corrected chi connectivity index (χ0v) is 15.5. The molecule has 0 amide bonds. The van der Waals surface area contributed by atoms with Crippen LogP contribution in [-0.2, 0) is 11.7 Å². The molecule has 0 atom stereocenters. The molecule has 3 aliphatic rings. The maximum absolute atomic E-state index is 13.0. The number of benzene rings is 1. The Hall–Kier alpha value is -3.15. The number of halogens is 3. The molecule has 2 aromatic heterocycles. The van der Waals surface area contributed by atoms with E-state index in [1.165, 1.54) is 13.1 Å². The van der Waals surface area contributed by atoms with Gasteiger partial charge in [0.1, 0.15) is 11.3 Å². The van der Waals surface area contributed by atoms with Crippen LogP contribution in [-0.4, -0.2) is 24.9 Å². The van der Waals surface area contributed by atoms with Gasteiger partial charge in [-0.1, -0.05) is 0 Å². The van der Waals surface area contributed by atoms with Crippen molar-refractivity contribution in [1.82, 2.24) is 19.7 Å². The monoisotopic (exact) mass is 399 g/mol. The SMILES string of the molecule is Cc1cc(C(F)(F)F)cc(O)c1-c1cnc2cn(C34CC(CC#N)(C3)C4)nc2n1. The van der Waals surface area contributed by atoms with Crippen LogP contribution in [0, 0.1) is 23.7 Å². The Bertz CT molecular complexity index is 1160. The Morgan fingerprint density at radius 1 is 1.28 bits per heavy atom. The number of alkyl halides is 3. The minimum Gasteiger partial charge on any atom is -0.507 e. The number of nitriles is 1. The van der Waals surface area contributed by atoms with E-state index < -0.39 is 17.5 Å². The molecule has 6 rings (SSSR count). The van der Waals surface area contributed by atoms with Gasteiger partial charge in [0.25, 0.3) is 0 Å². The fourth-order valence-electron chi connectivity index (χ4n) is 4.97. The summed E-state index contributed by atoms with van der Waals surface area (Å²) in [6.45, 7) is 1.49. The van der Waals surface area contributed by atoms with E-state index in [0.717, 1.165) is 25.3 Å². The zero-order chi connectivity index (χ0) is 20.6. The summed E-state index contributed by atoms with van der Waals surface area (Å²) >= 11 is 0. The third-order valence-corrected chi connectivity index (χ3v) is 6.18. The predicted octanol–water partition coefficient (Wildman–Crippen LogP) is 4.32. The van der Waals surface area contributed by atoms with Crippen LogP contribution in [0.15, 0.2) is 24.5 Å². The molecule has 1 N–H and O–H groups in total. The Morgan fingerprint density at radius 3 is 2.62 bits per heavy atom. The molecule has 1 aromatic carbocycles. The molecule has 0 aliphatic heterocycles. The van der Waals surface area contributed by atoms with Gasteiger partial charge in [0.15, 0.2) is 5.65 Å². The molecule has 9 heteroatoms. The molecule has 3 saturated carbocycles. The quantitative estimate of drug-likeness (QED) is 0.709. The number of aryl methyl sites for hydroxylation is 1. The van der Waals surface area contributed by atoms with Gasteiger partial charge in [-0.2, -0.15) is 23.5 Å². The largest absolute Gasteiger partial charge is 0.507 e. The Balaban J connectivity index is 1.50. The van der Waals surface area contributed by atoms with Gasteiger partial charge in [-0.3, -0.25) is 4.68 Å². The molecule has 0 saturated heterocycles. The third kappa shape index (κ3) is 2.51. The van der Waals surface area contributed by atoms with Crippen LogP contribution in [0.25, 0.3) is 22.4 Å². The zero-order valence-electron chi connectivity index (χ0n) is 15.5. The molecule has 2 heterocycles. The second-order valence-corrected chi connectivity index (χ2v) is 8.31. The molecule has 3 aromatic rings. The van der Waals surface area contributed by atoms with Crippen molar-refractivity contribution in [2.75, 3.05) is 0 Å². The first-order chi connectivity index (χ1) is 13.6. The highest BCUT2D eigenvalue weighted by Gasteiger charge is 2.69. The first-order valence-corrected chi connectivity index (χ1v) is 9.16. The maximum atomic E-state index is 13.0. The topological polar surface area (TPSA) is 87.6 Å². The van der Waals surface area contributed by atoms with E-state index in [4.69, 9.17) is 5.26 Å². The van der Waals surface area contributed by atoms with E-state index in [2.05, 4.69) is 21.1 Å². The molecular weight excluding hydrogens is 383 g/mol. The van der Waals surface area contributed by atoms with Crippen molar-refractivity contribution in [2.24, 2.45) is 5.41 Å². The van der Waals surface area contributed by atoms with E-state index >= 15 is 0 Å². The minimum atomic E-state index is -4.54. The second kappa shape index (κ2) is 5.47. The number of phenolic OH excluding ortho intramolecular Hbond substituents is 1. The number of aromatic nitrogens is 4. The van der Waals surface area contributed by atoms with Gasteiger partial charge in [-0.15, -0.1) is 0 Å². The summed E-state index contributed by atoms with van der Waals surface area (Å²) in [6, 6.07) is 3.92. The number of hydrogen-bond donors (Lipinski definition) is 1. The van der Waals surface area contributed by atoms with E-state index in [1.807, 2.05) is 10.9 Å². The molecular formula is C20H16F3N5O. The average molecular weight is 399 g/mol. The average Bonchev–Trinajstić information content (AvgIpc) is 2.98. The summed E-state index contributed by atoms with van der Waals surface area (Å²) in [5, 5.41) is 23.7. The van der Waals surface area contributed by atoms with Crippen LogP contribution < -0.4 is 0 Å². The van der Waals surface area contributed by atoms with Gasteiger partial charge in [-0.25, -0.2) is 9.97 Å². The van der Waals surface area contributed by atoms with Crippen LogP contribution in [0.4, 0.5) is 13.2 Å². The van der Waals surface area contributed by atoms with Gasteiger partial charge in [-0.05, 0) is 49.3 Å². The highest BCUT2D eigenvalue weighted by atomic mass is 19.4. The number of hydrogen-bond acceptors (Lipinski definition) is 5. The molecule has 0 spiro atoms. The van der Waals surface area contributed by atoms with Crippen molar-refractivity contribution in [3.8, 4) is 23.1 Å². The summed E-state index contributed by atoms with van der Waals surface area (Å²) in [7, 11) is 0. The lowest BCUT2D eigenvalue weighted by molar-refractivity contribution is -0.189. The molecule has 6 nitrogen and oxygen atoms in total. The van der Waals surface area contributed by atoms with Crippen molar-refractivity contribution in [1.29, 1.82) is 5.26 Å². The Labute approximate surface area is 163 Å². The van der Waals surface area contributed by atoms with Gasteiger partial charge in [0.05, 0.1) is 35.3 Å². The van der Waals surface area contributed by atoms with E-state index in [9.17, 15) is 18.3 Å². The number of phenols is 1. The number of aromatic hydroxyl groups is 1. The van der Waals surface area contributed by atoms with Crippen LogP contribution in [0.1, 0.15) is 36.8 Å². The minimum absolute atomic E-state index is 0.0776. The molecule has 29 heavy (non-hydrogen) atoms. The van der Waals surface area contributed by atoms with Crippen molar-refractivity contribution in [3.05, 3.63) is 35.7 Å². The Kier molecular flexibility index (Phi) is 3.38. The number of rotatable bonds is 3. The maximum Gasteiger partial charge on any atom is 0.416 e. The van der Waals surface area contributed by atoms with Crippen molar-refractivity contribution in [2.45, 2.75) is 44.3 Å². The second-order valence-electron chi connectivity index (χ2n) is 8.31. The van der Waals surface area contributed by atoms with Crippen LogP contribution in [0.5, 0.6) is 5.75 Å². The smallest absolute Gasteiger partial charge is 0.416 e. The van der Waals surface area contributed by atoms with Crippen molar-refractivity contribution >= 4 is 11.2 Å². The van der Waals surface area contributed by atoms with Crippen molar-refractivity contribution < 1.29 is 18.3 Å². The van der Waals surface area contributed by atoms with Crippen molar-refractivity contribution in [3.63, 3.8) is 0 Å². The van der Waals surface area contributed by atoms with E-state index in [-0.39, 0.29) is 27.8 Å². The summed E-state index contributed by atoms with van der Waals surface area (Å²) in [5.41, 5.74) is 0.823. The summed E-state index contributed by atoms with van der Waals surface area (Å²) < 4.78 is 40.7. The first-order valence-electron chi connectivity index (χ1n) is 9.16. The van der Waals surface area contributed by atoms with Gasteiger partial charge in [0, 0.05) is 12.0 Å². The number of nitrogens with zero attached hydrogens (tertiary/aromatic N) is 5. The highest BCUT2D eigenvalue weighted by molar-refractivity contribution is 5.77. The lowest BCUT2D eigenvalue weighted by Gasteiger charge is -2.69. The summed E-state index contributed by atoms with van der Waals surface area (Å²) in [6.07, 6.45) is 2.00. The lowest BCUT2D eigenvalue weighted by Crippen LogP contribution is -2.67.